The van der Waals surface area contributed by atoms with E-state index in [9.17, 15) is 24.0 Å². The third kappa shape index (κ3) is 6.39. The minimum atomic E-state index is -0.994. The number of pyridine rings is 1. The molecule has 3 N–H and O–H groups in total. The van der Waals surface area contributed by atoms with E-state index in [-0.39, 0.29) is 36.8 Å². The number of nitrogens with one attached hydrogen (secondary N) is 3. The summed E-state index contributed by atoms with van der Waals surface area (Å²) in [6.07, 6.45) is 5.86. The van der Waals surface area contributed by atoms with Crippen LogP contribution in [0, 0.1) is 0 Å². The van der Waals surface area contributed by atoms with Crippen LogP contribution in [0.25, 0.3) is 11.0 Å². The highest BCUT2D eigenvalue weighted by molar-refractivity contribution is 6.24. The van der Waals surface area contributed by atoms with Crippen molar-refractivity contribution in [3.8, 4) is 0 Å². The average Bonchev–Trinajstić information content (AvgIpc) is 3.58. The molecule has 11 nitrogen and oxygen atoms in total. The number of hydrogen-bond donors (Lipinski definition) is 3. The first-order chi connectivity index (χ1) is 21.9. The Kier molecular flexibility index (Phi) is 8.79. The number of aryl methyl sites for hydroxylation is 1. The summed E-state index contributed by atoms with van der Waals surface area (Å²) in [5.74, 6) is -1.40. The van der Waals surface area contributed by atoms with E-state index in [1.54, 1.807) is 24.5 Å². The van der Waals surface area contributed by atoms with Crippen molar-refractivity contribution >= 4 is 40.5 Å². The molecule has 6 rings (SSSR count). The van der Waals surface area contributed by atoms with Gasteiger partial charge in [0.15, 0.2) is 0 Å². The summed E-state index contributed by atoms with van der Waals surface area (Å²) >= 11 is 0. The predicted octanol–water partition coefficient (Wildman–Crippen LogP) is 3.44. The van der Waals surface area contributed by atoms with Gasteiger partial charge in [0.1, 0.15) is 17.4 Å². The monoisotopic (exact) mass is 607 g/mol. The fraction of sp³-hybridized carbons (Fsp3) is 0.294. The van der Waals surface area contributed by atoms with Crippen molar-refractivity contribution in [1.29, 1.82) is 0 Å². The number of unbranched alkanes of at least 4 members (excludes halogenated alkanes) is 1. The molecule has 4 aromatic rings. The van der Waals surface area contributed by atoms with Gasteiger partial charge in [-0.25, -0.2) is 0 Å². The number of amides is 5. The van der Waals surface area contributed by atoms with Gasteiger partial charge in [-0.3, -0.25) is 39.2 Å². The maximum absolute atomic E-state index is 13.3. The molecule has 2 atom stereocenters. The summed E-state index contributed by atoms with van der Waals surface area (Å²) in [5.41, 5.74) is 3.04. The Bertz CT molecular complexity index is 1730. The van der Waals surface area contributed by atoms with E-state index < -0.39 is 29.7 Å². The standard InChI is InChI=1S/C34H33N5O6/c40-28(15-18-37-31(23-10-6-16-35-20-23)27-19-22-8-1-2-12-26(22)45-27)36-17-4-3-7-21-9-5-11-24-30(21)34(44)39(33(24)43)25-13-14-29(41)38-32(25)42/h1-2,5-6,8-12,16,19-20,25,31,37H,3-4,7,13-15,17-18H2,(H,36,40)(H,38,41,42). The van der Waals surface area contributed by atoms with Gasteiger partial charge in [-0.15, -0.1) is 0 Å². The predicted molar refractivity (Wildman–Crippen MR) is 164 cm³/mol. The second kappa shape index (κ2) is 13.2. The number of rotatable bonds is 12. The summed E-state index contributed by atoms with van der Waals surface area (Å²) in [4.78, 5) is 68.1. The van der Waals surface area contributed by atoms with E-state index >= 15 is 0 Å². The van der Waals surface area contributed by atoms with Gasteiger partial charge in [0.05, 0.1) is 17.2 Å². The molecule has 0 saturated carbocycles. The largest absolute Gasteiger partial charge is 0.459 e. The number of imide groups is 2. The lowest BCUT2D eigenvalue weighted by Crippen LogP contribution is -2.54. The van der Waals surface area contributed by atoms with Crippen molar-refractivity contribution in [2.75, 3.05) is 13.1 Å². The van der Waals surface area contributed by atoms with E-state index in [2.05, 4.69) is 20.9 Å². The summed E-state index contributed by atoms with van der Waals surface area (Å²) in [6.45, 7) is 0.900. The lowest BCUT2D eigenvalue weighted by molar-refractivity contribution is -0.136. The number of piperidine rings is 1. The van der Waals surface area contributed by atoms with Crippen LogP contribution in [-0.2, 0) is 20.8 Å². The van der Waals surface area contributed by atoms with Crippen molar-refractivity contribution in [3.05, 3.63) is 101 Å². The molecule has 1 saturated heterocycles. The van der Waals surface area contributed by atoms with Crippen LogP contribution in [0.3, 0.4) is 0 Å². The molecular formula is C34H33N5O6. The van der Waals surface area contributed by atoms with Crippen LogP contribution in [0.15, 0.2) is 77.5 Å². The molecule has 2 aromatic carbocycles. The highest BCUT2D eigenvalue weighted by atomic mass is 16.3. The molecule has 4 heterocycles. The van der Waals surface area contributed by atoms with Gasteiger partial charge in [-0.1, -0.05) is 36.4 Å². The SMILES string of the molecule is O=C(CCNC(c1cccnc1)c1cc2ccccc2o1)NCCCCc1cccc2c1C(=O)N(C1CCC(=O)NC1=O)C2=O. The van der Waals surface area contributed by atoms with Gasteiger partial charge >= 0.3 is 0 Å². The molecule has 2 aromatic heterocycles. The third-order valence-corrected chi connectivity index (χ3v) is 8.20. The van der Waals surface area contributed by atoms with Crippen molar-refractivity contribution in [1.82, 2.24) is 25.8 Å². The molecule has 230 valence electrons. The summed E-state index contributed by atoms with van der Waals surface area (Å²) < 4.78 is 6.09. The lowest BCUT2D eigenvalue weighted by Gasteiger charge is -2.27. The molecule has 0 radical (unpaired) electrons. The molecule has 45 heavy (non-hydrogen) atoms. The zero-order valence-electron chi connectivity index (χ0n) is 24.6. The second-order valence-corrected chi connectivity index (χ2v) is 11.2. The Hall–Kier alpha value is -5.16. The number of carbonyl (C=O) groups excluding carboxylic acids is 5. The molecule has 1 fully saturated rings. The van der Waals surface area contributed by atoms with Gasteiger partial charge in [0.2, 0.25) is 17.7 Å². The molecule has 0 bridgehead atoms. The average molecular weight is 608 g/mol. The number of nitrogens with zero attached hydrogens (tertiary/aromatic N) is 2. The highest BCUT2D eigenvalue weighted by Gasteiger charge is 2.45. The van der Waals surface area contributed by atoms with Crippen molar-refractivity contribution in [3.63, 3.8) is 0 Å². The Balaban J connectivity index is 0.981. The zero-order chi connectivity index (χ0) is 31.3. The lowest BCUT2D eigenvalue weighted by atomic mass is 9.98. The number of furan rings is 1. The van der Waals surface area contributed by atoms with Gasteiger partial charge < -0.3 is 15.1 Å². The smallest absolute Gasteiger partial charge is 0.262 e. The Morgan fingerprint density at radius 3 is 2.67 bits per heavy atom. The number of fused-ring (bicyclic) bond motifs is 2. The summed E-state index contributed by atoms with van der Waals surface area (Å²) in [6, 6.07) is 17.5. The third-order valence-electron chi connectivity index (χ3n) is 8.20. The van der Waals surface area contributed by atoms with Gasteiger partial charge in [0, 0.05) is 43.7 Å². The molecule has 0 spiro atoms. The number of hydrogen-bond acceptors (Lipinski definition) is 8. The van der Waals surface area contributed by atoms with Crippen molar-refractivity contribution in [2.24, 2.45) is 0 Å². The van der Waals surface area contributed by atoms with E-state index in [4.69, 9.17) is 4.42 Å². The minimum absolute atomic E-state index is 0.0742. The zero-order valence-corrected chi connectivity index (χ0v) is 24.6. The highest BCUT2D eigenvalue weighted by Crippen LogP contribution is 2.31. The van der Waals surface area contributed by atoms with Crippen LogP contribution in [0.4, 0.5) is 0 Å². The molecule has 2 unspecified atom stereocenters. The molecule has 2 aliphatic heterocycles. The fourth-order valence-electron chi connectivity index (χ4n) is 5.95. The van der Waals surface area contributed by atoms with E-state index in [0.717, 1.165) is 32.8 Å². The first-order valence-corrected chi connectivity index (χ1v) is 15.1. The van der Waals surface area contributed by atoms with Crippen molar-refractivity contribution < 1.29 is 28.4 Å². The van der Waals surface area contributed by atoms with Crippen LogP contribution in [0.1, 0.15) is 75.7 Å². The number of carbonyl (C=O) groups is 5. The van der Waals surface area contributed by atoms with Crippen LogP contribution >= 0.6 is 0 Å². The fourth-order valence-corrected chi connectivity index (χ4v) is 5.95. The number of aromatic nitrogens is 1. The van der Waals surface area contributed by atoms with Gasteiger partial charge in [-0.2, -0.15) is 0 Å². The summed E-state index contributed by atoms with van der Waals surface area (Å²) in [7, 11) is 0. The molecule has 5 amide bonds. The van der Waals surface area contributed by atoms with Crippen LogP contribution in [0.2, 0.25) is 0 Å². The van der Waals surface area contributed by atoms with E-state index in [1.165, 1.54) is 0 Å². The van der Waals surface area contributed by atoms with Gasteiger partial charge in [-0.05, 0) is 61.1 Å². The molecule has 2 aliphatic rings. The van der Waals surface area contributed by atoms with E-state index in [1.807, 2.05) is 48.5 Å². The number of benzene rings is 2. The van der Waals surface area contributed by atoms with Crippen LogP contribution in [0.5, 0.6) is 0 Å². The maximum atomic E-state index is 13.3. The molecular weight excluding hydrogens is 574 g/mol. The second-order valence-electron chi connectivity index (χ2n) is 11.2. The van der Waals surface area contributed by atoms with E-state index in [0.29, 0.717) is 37.9 Å². The van der Waals surface area contributed by atoms with Crippen LogP contribution in [-0.4, -0.2) is 58.6 Å². The normalized spacial score (nSPS) is 17.0. The first kappa shape index (κ1) is 29.9. The van der Waals surface area contributed by atoms with Gasteiger partial charge in [0.25, 0.3) is 11.8 Å². The number of para-hydroxylation sites is 1. The molecule has 11 heteroatoms. The van der Waals surface area contributed by atoms with Crippen molar-refractivity contribution in [2.45, 2.75) is 50.6 Å². The Labute approximate surface area is 259 Å². The first-order valence-electron chi connectivity index (χ1n) is 15.1. The Morgan fingerprint density at radius 2 is 1.87 bits per heavy atom. The Morgan fingerprint density at radius 1 is 1.00 bits per heavy atom. The topological polar surface area (TPSA) is 151 Å². The molecule has 0 aliphatic carbocycles. The van der Waals surface area contributed by atoms with Crippen LogP contribution < -0.4 is 16.0 Å². The quantitative estimate of drug-likeness (QED) is 0.164. The maximum Gasteiger partial charge on any atom is 0.262 e. The summed E-state index contributed by atoms with van der Waals surface area (Å²) in [5, 5.41) is 9.60. The minimum Gasteiger partial charge on any atom is -0.459 e.